The van der Waals surface area contributed by atoms with Crippen LogP contribution in [0.3, 0.4) is 0 Å². The van der Waals surface area contributed by atoms with E-state index in [4.69, 9.17) is 11.6 Å². The van der Waals surface area contributed by atoms with Crippen LogP contribution >= 0.6 is 23.4 Å². The van der Waals surface area contributed by atoms with Gasteiger partial charge in [0.1, 0.15) is 0 Å². The SMILES string of the molecule is FC(F)(Cl)C(CC1CSC1)C1CC1. The molecule has 1 unspecified atom stereocenters. The van der Waals surface area contributed by atoms with Gasteiger partial charge in [-0.3, -0.25) is 0 Å². The summed E-state index contributed by atoms with van der Waals surface area (Å²) < 4.78 is 25.9. The summed E-state index contributed by atoms with van der Waals surface area (Å²) in [6, 6.07) is 0. The molecule has 0 aromatic heterocycles. The molecule has 0 spiro atoms. The van der Waals surface area contributed by atoms with Gasteiger partial charge in [-0.05, 0) is 54.2 Å². The average molecular weight is 227 g/mol. The van der Waals surface area contributed by atoms with Gasteiger partial charge in [0.2, 0.25) is 0 Å². The van der Waals surface area contributed by atoms with Crippen molar-refractivity contribution in [1.82, 2.24) is 0 Å². The predicted octanol–water partition coefficient (Wildman–Crippen LogP) is 3.60. The van der Waals surface area contributed by atoms with Crippen LogP contribution in [0, 0.1) is 17.8 Å². The van der Waals surface area contributed by atoms with Crippen molar-refractivity contribution in [2.75, 3.05) is 11.5 Å². The van der Waals surface area contributed by atoms with Crippen molar-refractivity contribution in [2.45, 2.75) is 24.6 Å². The number of rotatable bonds is 4. The Labute approximate surface area is 86.4 Å². The molecule has 4 heteroatoms. The molecule has 1 aliphatic carbocycles. The Morgan fingerprint density at radius 1 is 1.38 bits per heavy atom. The quantitative estimate of drug-likeness (QED) is 0.660. The standard InChI is InChI=1S/C9H13ClF2S/c10-9(11,12)8(7-1-2-7)3-6-4-13-5-6/h6-8H,1-5H2. The van der Waals surface area contributed by atoms with Crippen molar-refractivity contribution in [3.05, 3.63) is 0 Å². The number of hydrogen-bond donors (Lipinski definition) is 0. The Morgan fingerprint density at radius 2 is 2.00 bits per heavy atom. The molecular weight excluding hydrogens is 214 g/mol. The summed E-state index contributed by atoms with van der Waals surface area (Å²) in [5.41, 5.74) is 0. The highest BCUT2D eigenvalue weighted by atomic mass is 35.5. The minimum atomic E-state index is -2.97. The van der Waals surface area contributed by atoms with Gasteiger partial charge < -0.3 is 0 Å². The molecule has 13 heavy (non-hydrogen) atoms. The van der Waals surface area contributed by atoms with Gasteiger partial charge in [0.15, 0.2) is 0 Å². The Bertz CT molecular complexity index is 185. The number of hydrogen-bond acceptors (Lipinski definition) is 1. The van der Waals surface area contributed by atoms with Crippen LogP contribution in [-0.2, 0) is 0 Å². The molecule has 2 fully saturated rings. The first-order chi connectivity index (χ1) is 6.07. The fraction of sp³-hybridized carbons (Fsp3) is 1.00. The van der Waals surface area contributed by atoms with E-state index in [9.17, 15) is 8.78 Å². The van der Waals surface area contributed by atoms with Crippen molar-refractivity contribution in [3.8, 4) is 0 Å². The summed E-state index contributed by atoms with van der Waals surface area (Å²) in [6.45, 7) is 0. The molecule has 1 aliphatic heterocycles. The molecule has 2 rings (SSSR count). The monoisotopic (exact) mass is 226 g/mol. The molecule has 1 saturated heterocycles. The minimum Gasteiger partial charge on any atom is -0.188 e. The maximum absolute atomic E-state index is 13.0. The summed E-state index contributed by atoms with van der Waals surface area (Å²) in [4.78, 5) is 0. The molecule has 76 valence electrons. The van der Waals surface area contributed by atoms with Gasteiger partial charge in [0, 0.05) is 5.92 Å². The van der Waals surface area contributed by atoms with Crippen molar-refractivity contribution in [1.29, 1.82) is 0 Å². The van der Waals surface area contributed by atoms with Gasteiger partial charge in [0.05, 0.1) is 0 Å². The van der Waals surface area contributed by atoms with E-state index in [1.807, 2.05) is 11.8 Å². The van der Waals surface area contributed by atoms with E-state index in [0.717, 1.165) is 24.3 Å². The molecule has 0 amide bonds. The fourth-order valence-electron chi connectivity index (χ4n) is 1.87. The second-order valence-electron chi connectivity index (χ2n) is 4.12. The second-order valence-corrected chi connectivity index (χ2v) is 5.70. The van der Waals surface area contributed by atoms with Gasteiger partial charge >= 0.3 is 5.38 Å². The molecule has 1 heterocycles. The molecule has 1 saturated carbocycles. The summed E-state index contributed by atoms with van der Waals surface area (Å²) in [5.74, 6) is 2.25. The topological polar surface area (TPSA) is 0 Å². The van der Waals surface area contributed by atoms with E-state index >= 15 is 0 Å². The number of thioether (sulfide) groups is 1. The van der Waals surface area contributed by atoms with Crippen LogP contribution < -0.4 is 0 Å². The summed E-state index contributed by atoms with van der Waals surface area (Å²) >= 11 is 6.96. The smallest absolute Gasteiger partial charge is 0.188 e. The van der Waals surface area contributed by atoms with Crippen LogP contribution in [0.2, 0.25) is 0 Å². The van der Waals surface area contributed by atoms with E-state index < -0.39 is 11.3 Å². The van der Waals surface area contributed by atoms with E-state index in [1.165, 1.54) is 0 Å². The number of halogens is 3. The van der Waals surface area contributed by atoms with Crippen LogP contribution in [0.15, 0.2) is 0 Å². The lowest BCUT2D eigenvalue weighted by Crippen LogP contribution is -2.30. The molecule has 2 aliphatic rings. The Kier molecular flexibility index (Phi) is 2.76. The molecule has 0 radical (unpaired) electrons. The molecule has 0 nitrogen and oxygen atoms in total. The van der Waals surface area contributed by atoms with Gasteiger partial charge in [-0.2, -0.15) is 20.5 Å². The molecule has 0 bridgehead atoms. The third kappa shape index (κ3) is 2.50. The van der Waals surface area contributed by atoms with Crippen LogP contribution in [0.4, 0.5) is 8.78 Å². The molecule has 0 aromatic rings. The zero-order valence-corrected chi connectivity index (χ0v) is 8.88. The highest BCUT2D eigenvalue weighted by Gasteiger charge is 2.47. The van der Waals surface area contributed by atoms with Crippen molar-refractivity contribution in [2.24, 2.45) is 17.8 Å². The first kappa shape index (κ1) is 10.0. The van der Waals surface area contributed by atoms with E-state index in [2.05, 4.69) is 0 Å². The Morgan fingerprint density at radius 3 is 2.31 bits per heavy atom. The van der Waals surface area contributed by atoms with Crippen LogP contribution in [0.1, 0.15) is 19.3 Å². The van der Waals surface area contributed by atoms with Gasteiger partial charge in [-0.15, -0.1) is 0 Å². The Balaban J connectivity index is 1.88. The number of alkyl halides is 3. The first-order valence-corrected chi connectivity index (χ1v) is 6.25. The minimum absolute atomic E-state index is 0.207. The van der Waals surface area contributed by atoms with Crippen LogP contribution in [0.25, 0.3) is 0 Å². The van der Waals surface area contributed by atoms with Gasteiger partial charge in [-0.1, -0.05) is 0 Å². The lowest BCUT2D eigenvalue weighted by atomic mass is 9.92. The van der Waals surface area contributed by atoms with Crippen LogP contribution in [-0.4, -0.2) is 16.9 Å². The zero-order valence-electron chi connectivity index (χ0n) is 7.31. The predicted molar refractivity (Wildman–Crippen MR) is 52.4 cm³/mol. The lowest BCUT2D eigenvalue weighted by Gasteiger charge is -2.31. The largest absolute Gasteiger partial charge is 0.324 e. The third-order valence-electron chi connectivity index (χ3n) is 2.91. The lowest BCUT2D eigenvalue weighted by molar-refractivity contribution is 0.00782. The van der Waals surface area contributed by atoms with Crippen molar-refractivity contribution in [3.63, 3.8) is 0 Å². The maximum atomic E-state index is 13.0. The normalized spacial score (nSPS) is 27.0. The summed E-state index contributed by atoms with van der Waals surface area (Å²) in [5, 5.41) is -2.97. The van der Waals surface area contributed by atoms with Crippen molar-refractivity contribution >= 4 is 23.4 Å². The zero-order chi connectivity index (χ0) is 9.47. The molecule has 1 atom stereocenters. The fourth-order valence-corrected chi connectivity index (χ4v) is 2.98. The second kappa shape index (κ2) is 3.58. The molecule has 0 N–H and O–H groups in total. The maximum Gasteiger partial charge on any atom is 0.324 e. The first-order valence-electron chi connectivity index (χ1n) is 4.72. The van der Waals surface area contributed by atoms with Gasteiger partial charge in [0.25, 0.3) is 0 Å². The van der Waals surface area contributed by atoms with E-state index in [1.54, 1.807) is 0 Å². The van der Waals surface area contributed by atoms with E-state index in [-0.39, 0.29) is 5.92 Å². The van der Waals surface area contributed by atoms with Gasteiger partial charge in [-0.25, -0.2) is 0 Å². The van der Waals surface area contributed by atoms with Crippen molar-refractivity contribution < 1.29 is 8.78 Å². The third-order valence-corrected chi connectivity index (χ3v) is 4.60. The van der Waals surface area contributed by atoms with E-state index in [0.29, 0.717) is 12.3 Å². The molecular formula is C9H13ClF2S. The average Bonchev–Trinajstić information content (AvgIpc) is 2.64. The summed E-state index contributed by atoms with van der Waals surface area (Å²) in [7, 11) is 0. The molecule has 0 aromatic carbocycles. The highest BCUT2D eigenvalue weighted by Crippen LogP contribution is 2.50. The van der Waals surface area contributed by atoms with Crippen LogP contribution in [0.5, 0.6) is 0 Å². The highest BCUT2D eigenvalue weighted by molar-refractivity contribution is 8.00. The summed E-state index contributed by atoms with van der Waals surface area (Å²) in [6.07, 6.45) is 2.54. The Hall–Kier alpha value is 0.500.